The van der Waals surface area contributed by atoms with Gasteiger partial charge in [-0.1, -0.05) is 20.8 Å². The summed E-state index contributed by atoms with van der Waals surface area (Å²) in [6.07, 6.45) is 4.60. The largest absolute Gasteiger partial charge is 0.308 e. The molecule has 1 aromatic rings. The Morgan fingerprint density at radius 3 is 2.44 bits per heavy atom. The molecule has 0 aromatic carbocycles. The van der Waals surface area contributed by atoms with Crippen molar-refractivity contribution in [3.8, 4) is 0 Å². The first-order valence-corrected chi connectivity index (χ1v) is 7.00. The molecule has 0 amide bonds. The van der Waals surface area contributed by atoms with E-state index in [0.717, 1.165) is 6.42 Å². The van der Waals surface area contributed by atoms with Crippen LogP contribution in [0.1, 0.15) is 33.0 Å². The molecule has 0 unspecified atom stereocenters. The first kappa shape index (κ1) is 13.2. The fourth-order valence-corrected chi connectivity index (χ4v) is 3.12. The van der Waals surface area contributed by atoms with Crippen LogP contribution in [-0.2, 0) is 16.6 Å². The Morgan fingerprint density at radius 1 is 1.31 bits per heavy atom. The lowest BCUT2D eigenvalue weighted by Gasteiger charge is -2.19. The smallest absolute Gasteiger partial charge is 0.241 e. The van der Waals surface area contributed by atoms with Crippen LogP contribution in [0, 0.1) is 0 Å². The standard InChI is InChI=1S/C10H19N3O2S/c1-4-7-10-11-8-9-13(10)16(14,15)12(5-2)6-3/h8-9H,4-7H2,1-3H3. The Bertz CT molecular complexity index is 421. The van der Waals surface area contributed by atoms with Gasteiger partial charge in [0.15, 0.2) is 0 Å². The van der Waals surface area contributed by atoms with Crippen LogP contribution in [0.2, 0.25) is 0 Å². The van der Waals surface area contributed by atoms with Gasteiger partial charge in [-0.3, -0.25) is 0 Å². The second-order valence-corrected chi connectivity index (χ2v) is 5.29. The minimum Gasteiger partial charge on any atom is -0.241 e. The maximum absolute atomic E-state index is 12.2. The van der Waals surface area contributed by atoms with Crippen molar-refractivity contribution in [3.63, 3.8) is 0 Å². The Hall–Kier alpha value is -0.880. The maximum atomic E-state index is 12.2. The number of nitrogens with zero attached hydrogens (tertiary/aromatic N) is 3. The minimum absolute atomic E-state index is 0.475. The molecule has 0 spiro atoms. The lowest BCUT2D eigenvalue weighted by Crippen LogP contribution is -2.35. The predicted octanol–water partition coefficient (Wildman–Crippen LogP) is 1.27. The number of aromatic nitrogens is 2. The van der Waals surface area contributed by atoms with Crippen LogP contribution in [0.4, 0.5) is 0 Å². The normalized spacial score (nSPS) is 12.2. The Morgan fingerprint density at radius 2 is 1.94 bits per heavy atom. The van der Waals surface area contributed by atoms with Crippen molar-refractivity contribution in [3.05, 3.63) is 18.2 Å². The summed E-state index contributed by atoms with van der Waals surface area (Å²) in [5.74, 6) is 0.606. The van der Waals surface area contributed by atoms with Gasteiger partial charge in [0.25, 0.3) is 0 Å². The first-order chi connectivity index (χ1) is 7.57. The van der Waals surface area contributed by atoms with Crippen molar-refractivity contribution < 1.29 is 8.42 Å². The van der Waals surface area contributed by atoms with Gasteiger partial charge < -0.3 is 0 Å². The molecule has 0 atom stereocenters. The second-order valence-electron chi connectivity index (χ2n) is 3.48. The van der Waals surface area contributed by atoms with Crippen LogP contribution < -0.4 is 0 Å². The summed E-state index contributed by atoms with van der Waals surface area (Å²) < 4.78 is 27.1. The third-order valence-electron chi connectivity index (χ3n) is 2.43. The van der Waals surface area contributed by atoms with Gasteiger partial charge in [0.05, 0.1) is 0 Å². The van der Waals surface area contributed by atoms with Gasteiger partial charge in [-0.2, -0.15) is 12.7 Å². The van der Waals surface area contributed by atoms with Gasteiger partial charge in [0.1, 0.15) is 5.82 Å². The third kappa shape index (κ3) is 2.44. The highest BCUT2D eigenvalue weighted by Crippen LogP contribution is 2.10. The summed E-state index contributed by atoms with van der Waals surface area (Å²) in [4.78, 5) is 4.08. The molecule has 0 radical (unpaired) electrons. The first-order valence-electron chi connectivity index (χ1n) is 5.60. The zero-order chi connectivity index (χ0) is 12.2. The molecule has 0 N–H and O–H groups in total. The van der Waals surface area contributed by atoms with Gasteiger partial charge in [-0.25, -0.2) is 8.96 Å². The summed E-state index contributed by atoms with van der Waals surface area (Å²) in [7, 11) is -3.42. The molecule has 1 aromatic heterocycles. The van der Waals surface area contributed by atoms with Gasteiger partial charge >= 0.3 is 10.2 Å². The van der Waals surface area contributed by atoms with Gasteiger partial charge in [0, 0.05) is 31.9 Å². The van der Waals surface area contributed by atoms with E-state index in [2.05, 4.69) is 4.98 Å². The summed E-state index contributed by atoms with van der Waals surface area (Å²) in [5, 5.41) is 0. The second kappa shape index (κ2) is 5.45. The molecule has 1 rings (SSSR count). The number of aryl methyl sites for hydroxylation is 1. The van der Waals surface area contributed by atoms with E-state index in [1.54, 1.807) is 0 Å². The molecule has 0 aliphatic carbocycles. The average Bonchev–Trinajstić information content (AvgIpc) is 2.68. The molecule has 0 bridgehead atoms. The van der Waals surface area contributed by atoms with Crippen LogP contribution in [0.3, 0.4) is 0 Å². The number of rotatable bonds is 6. The zero-order valence-corrected chi connectivity index (χ0v) is 10.9. The van der Waals surface area contributed by atoms with Crippen LogP contribution in [0.25, 0.3) is 0 Å². The van der Waals surface area contributed by atoms with E-state index in [9.17, 15) is 8.42 Å². The number of hydrogen-bond acceptors (Lipinski definition) is 3. The molecular formula is C10H19N3O2S. The highest BCUT2D eigenvalue weighted by Gasteiger charge is 2.22. The summed E-state index contributed by atoms with van der Waals surface area (Å²) in [6, 6.07) is 0. The number of hydrogen-bond donors (Lipinski definition) is 0. The van der Waals surface area contributed by atoms with E-state index in [4.69, 9.17) is 0 Å². The van der Waals surface area contributed by atoms with Gasteiger partial charge in [-0.05, 0) is 6.42 Å². The molecule has 6 heteroatoms. The lowest BCUT2D eigenvalue weighted by atomic mass is 10.3. The molecule has 0 saturated carbocycles. The van der Waals surface area contributed by atoms with E-state index in [1.807, 2.05) is 20.8 Å². The molecule has 92 valence electrons. The Labute approximate surface area is 97.3 Å². The van der Waals surface area contributed by atoms with Crippen molar-refractivity contribution in [2.75, 3.05) is 13.1 Å². The van der Waals surface area contributed by atoms with E-state index in [1.165, 1.54) is 20.7 Å². The van der Waals surface area contributed by atoms with E-state index >= 15 is 0 Å². The fourth-order valence-electron chi connectivity index (χ4n) is 1.61. The van der Waals surface area contributed by atoms with E-state index in [0.29, 0.717) is 25.3 Å². The van der Waals surface area contributed by atoms with Crippen LogP contribution in [-0.4, -0.2) is 34.8 Å². The van der Waals surface area contributed by atoms with Crippen LogP contribution in [0.5, 0.6) is 0 Å². The molecule has 1 heterocycles. The van der Waals surface area contributed by atoms with Crippen LogP contribution >= 0.6 is 0 Å². The Kier molecular flexibility index (Phi) is 4.49. The molecule has 0 fully saturated rings. The topological polar surface area (TPSA) is 55.2 Å². The summed E-state index contributed by atoms with van der Waals surface area (Å²) >= 11 is 0. The molecule has 5 nitrogen and oxygen atoms in total. The summed E-state index contributed by atoms with van der Waals surface area (Å²) in [6.45, 7) is 6.61. The number of imidazole rings is 1. The monoisotopic (exact) mass is 245 g/mol. The third-order valence-corrected chi connectivity index (χ3v) is 4.43. The zero-order valence-electron chi connectivity index (χ0n) is 10.0. The maximum Gasteiger partial charge on any atom is 0.308 e. The molecule has 0 aliphatic heterocycles. The predicted molar refractivity (Wildman–Crippen MR) is 63.5 cm³/mol. The SMILES string of the molecule is CCCc1nccn1S(=O)(=O)N(CC)CC. The van der Waals surface area contributed by atoms with E-state index < -0.39 is 10.2 Å². The van der Waals surface area contributed by atoms with Crippen LogP contribution in [0.15, 0.2) is 12.4 Å². The van der Waals surface area contributed by atoms with Gasteiger partial charge in [0.2, 0.25) is 0 Å². The van der Waals surface area contributed by atoms with Gasteiger partial charge in [-0.15, -0.1) is 0 Å². The van der Waals surface area contributed by atoms with Crippen molar-refractivity contribution in [1.82, 2.24) is 13.3 Å². The quantitative estimate of drug-likeness (QED) is 0.758. The minimum atomic E-state index is -3.42. The molecule has 0 aliphatic rings. The molecule has 0 saturated heterocycles. The highest BCUT2D eigenvalue weighted by molar-refractivity contribution is 7.87. The average molecular weight is 245 g/mol. The molecule has 16 heavy (non-hydrogen) atoms. The highest BCUT2D eigenvalue weighted by atomic mass is 32.2. The lowest BCUT2D eigenvalue weighted by molar-refractivity contribution is 0.436. The van der Waals surface area contributed by atoms with Crippen molar-refractivity contribution in [2.24, 2.45) is 0 Å². The fraction of sp³-hybridized carbons (Fsp3) is 0.700. The summed E-state index contributed by atoms with van der Waals surface area (Å²) in [5.41, 5.74) is 0. The van der Waals surface area contributed by atoms with E-state index in [-0.39, 0.29) is 0 Å². The van der Waals surface area contributed by atoms with Crippen molar-refractivity contribution in [1.29, 1.82) is 0 Å². The van der Waals surface area contributed by atoms with Crippen molar-refractivity contribution >= 4 is 10.2 Å². The van der Waals surface area contributed by atoms with Crippen molar-refractivity contribution in [2.45, 2.75) is 33.6 Å². The molecular weight excluding hydrogens is 226 g/mol. The Balaban J connectivity index is 3.11.